The van der Waals surface area contributed by atoms with Crippen LogP contribution >= 0.6 is 15.1 Å². The van der Waals surface area contributed by atoms with E-state index in [0.717, 1.165) is 38.5 Å². The van der Waals surface area contributed by atoms with Crippen molar-refractivity contribution in [3.8, 4) is 0 Å². The van der Waals surface area contributed by atoms with Crippen LogP contribution in [0.5, 0.6) is 0 Å². The Kier molecular flexibility index (Phi) is 36.6. The van der Waals surface area contributed by atoms with E-state index in [-0.39, 0.29) is 13.2 Å². The Morgan fingerprint density at radius 2 is 0.643 bits per heavy atom. The molecule has 0 unspecified atom stereocenters. The van der Waals surface area contributed by atoms with Crippen LogP contribution in [0.2, 0.25) is 0 Å². The third-order valence-electron chi connectivity index (χ3n) is 8.44. The molecule has 0 saturated heterocycles. The molecule has 0 fully saturated rings. The molecule has 42 heavy (non-hydrogen) atoms. The number of unbranched alkanes of at least 4 members (excludes halogenated alkanes) is 18. The van der Waals surface area contributed by atoms with Crippen molar-refractivity contribution in [3.05, 3.63) is 0 Å². The highest BCUT2D eigenvalue weighted by Gasteiger charge is 2.34. The van der Waals surface area contributed by atoms with Crippen molar-refractivity contribution in [2.45, 2.75) is 196 Å². The van der Waals surface area contributed by atoms with Crippen LogP contribution in [-0.4, -0.2) is 37.9 Å². The molecule has 0 radical (unpaired) electrons. The lowest BCUT2D eigenvalue weighted by atomic mass is 10.1. The molecule has 0 bridgehead atoms. The van der Waals surface area contributed by atoms with Gasteiger partial charge in [0, 0.05) is 7.26 Å². The first-order valence-corrected chi connectivity index (χ1v) is 22.8. The van der Waals surface area contributed by atoms with Gasteiger partial charge in [0.1, 0.15) is 0 Å². The summed E-state index contributed by atoms with van der Waals surface area (Å²) >= 11 is 0. The molecule has 256 valence electrons. The van der Waals surface area contributed by atoms with Gasteiger partial charge in [-0.25, -0.2) is 0 Å². The van der Waals surface area contributed by atoms with Crippen molar-refractivity contribution in [1.29, 1.82) is 0 Å². The minimum atomic E-state index is -4.07. The van der Waals surface area contributed by atoms with Crippen molar-refractivity contribution in [2.75, 3.05) is 37.9 Å². The Morgan fingerprint density at radius 3 is 0.929 bits per heavy atom. The highest BCUT2D eigenvalue weighted by atomic mass is 31.2. The van der Waals surface area contributed by atoms with Crippen molar-refractivity contribution in [3.63, 3.8) is 0 Å². The molecule has 0 aromatic carbocycles. The van der Waals surface area contributed by atoms with Gasteiger partial charge in [-0.15, -0.1) is 0 Å². The van der Waals surface area contributed by atoms with Gasteiger partial charge in [0.2, 0.25) is 0 Å². The molecular formula is C36H78O4P2. The number of hydrogen-bond donors (Lipinski definition) is 0. The molecule has 0 atom stereocenters. The molecule has 0 aromatic rings. The van der Waals surface area contributed by atoms with Gasteiger partial charge in [0.15, 0.2) is 0 Å². The second kappa shape index (κ2) is 34.4. The van der Waals surface area contributed by atoms with E-state index in [0.29, 0.717) is 0 Å². The summed E-state index contributed by atoms with van der Waals surface area (Å²) in [5.74, 6) is 0. The monoisotopic (exact) mass is 637 g/mol. The SMILES string of the molecule is CCCCCCCCOP(=O)([O-])OCCCCCCCC.CCCCC[P+](CCCCC)(CCCCC)CCCCC. The molecule has 0 saturated carbocycles. The van der Waals surface area contributed by atoms with E-state index >= 15 is 0 Å². The highest BCUT2D eigenvalue weighted by Crippen LogP contribution is 2.61. The molecule has 0 aliphatic carbocycles. The molecule has 0 N–H and O–H groups in total. The average molecular weight is 637 g/mol. The number of rotatable bonds is 32. The molecule has 0 aliphatic rings. The maximum atomic E-state index is 11.5. The molecule has 0 rings (SSSR count). The molecule has 0 spiro atoms. The van der Waals surface area contributed by atoms with Crippen LogP contribution in [0.4, 0.5) is 0 Å². The summed E-state index contributed by atoms with van der Waals surface area (Å²) in [5.41, 5.74) is 0. The fourth-order valence-electron chi connectivity index (χ4n) is 5.61. The fraction of sp³-hybridized carbons (Fsp3) is 1.00. The van der Waals surface area contributed by atoms with Crippen molar-refractivity contribution in [2.24, 2.45) is 0 Å². The van der Waals surface area contributed by atoms with E-state index in [2.05, 4.69) is 41.5 Å². The first kappa shape index (κ1) is 44.7. The Bertz CT molecular complexity index is 491. The zero-order chi connectivity index (χ0) is 31.6. The van der Waals surface area contributed by atoms with Crippen molar-refractivity contribution in [1.82, 2.24) is 0 Å². The lowest BCUT2D eigenvalue weighted by Crippen LogP contribution is -2.13. The number of phosphoric ester groups is 1. The Hall–Kier alpha value is 0.540. The second-order valence-corrected chi connectivity index (χ2v) is 18.6. The van der Waals surface area contributed by atoms with Gasteiger partial charge in [0.25, 0.3) is 7.82 Å². The summed E-state index contributed by atoms with van der Waals surface area (Å²) in [6.45, 7) is 14.3. The molecule has 0 heterocycles. The maximum absolute atomic E-state index is 11.5. The summed E-state index contributed by atoms with van der Waals surface area (Å²) in [5, 5.41) is 0. The highest BCUT2D eigenvalue weighted by molar-refractivity contribution is 7.75. The van der Waals surface area contributed by atoms with E-state index in [1.54, 1.807) is 24.6 Å². The Labute approximate surface area is 266 Å². The third-order valence-corrected chi connectivity index (χ3v) is 14.5. The van der Waals surface area contributed by atoms with Crippen LogP contribution in [0.15, 0.2) is 0 Å². The van der Waals surface area contributed by atoms with Gasteiger partial charge in [-0.2, -0.15) is 0 Å². The summed E-state index contributed by atoms with van der Waals surface area (Å²) < 4.78 is 21.2. The van der Waals surface area contributed by atoms with Crippen LogP contribution in [0.1, 0.15) is 196 Å². The normalized spacial score (nSPS) is 12.0. The molecular weight excluding hydrogens is 558 g/mol. The summed E-state index contributed by atoms with van der Waals surface area (Å²) in [6, 6.07) is 0. The first-order valence-electron chi connectivity index (χ1n) is 18.8. The maximum Gasteiger partial charge on any atom is 0.267 e. The summed E-state index contributed by atoms with van der Waals surface area (Å²) in [7, 11) is -4.68. The topological polar surface area (TPSA) is 58.6 Å². The molecule has 4 nitrogen and oxygen atoms in total. The largest absolute Gasteiger partial charge is 0.756 e. The second-order valence-electron chi connectivity index (χ2n) is 12.7. The predicted octanol–water partition coefficient (Wildman–Crippen LogP) is 13.0. The van der Waals surface area contributed by atoms with Crippen molar-refractivity contribution < 1.29 is 18.5 Å². The van der Waals surface area contributed by atoms with Crippen LogP contribution in [0.25, 0.3) is 0 Å². The van der Waals surface area contributed by atoms with Crippen molar-refractivity contribution >= 4 is 15.1 Å². The van der Waals surface area contributed by atoms with Crippen LogP contribution in [-0.2, 0) is 13.6 Å². The lowest BCUT2D eigenvalue weighted by molar-refractivity contribution is -0.225. The van der Waals surface area contributed by atoms with Crippen LogP contribution < -0.4 is 4.89 Å². The number of phosphoric acid groups is 1. The van der Waals surface area contributed by atoms with Crippen LogP contribution in [0.3, 0.4) is 0 Å². The standard InChI is InChI=1S/C20H44P.C16H35O4P/c1-5-9-13-17-21(18-14-10-6-2,19-15-11-7-3)20-16-12-8-4;1-3-5-7-9-11-13-15-19-21(17,18)20-16-14-12-10-8-6-4-2/h5-20H2,1-4H3;3-16H2,1-2H3,(H,17,18)/q+1;/p-1. The van der Waals surface area contributed by atoms with E-state index in [1.165, 1.54) is 116 Å². The zero-order valence-corrected chi connectivity index (χ0v) is 31.5. The van der Waals surface area contributed by atoms with E-state index in [1.807, 2.05) is 0 Å². The van der Waals surface area contributed by atoms with E-state index in [4.69, 9.17) is 9.05 Å². The summed E-state index contributed by atoms with van der Waals surface area (Å²) in [6.07, 6.45) is 37.3. The van der Waals surface area contributed by atoms with Gasteiger partial charge in [-0.3, -0.25) is 4.57 Å². The van der Waals surface area contributed by atoms with Gasteiger partial charge < -0.3 is 13.9 Å². The first-order chi connectivity index (χ1) is 20.4. The molecule has 0 aliphatic heterocycles. The third kappa shape index (κ3) is 31.9. The minimum absolute atomic E-state index is 0.253. The minimum Gasteiger partial charge on any atom is -0.756 e. The van der Waals surface area contributed by atoms with Gasteiger partial charge in [0.05, 0.1) is 37.9 Å². The molecule has 0 aromatic heterocycles. The lowest BCUT2D eigenvalue weighted by Gasteiger charge is -2.28. The zero-order valence-electron chi connectivity index (χ0n) is 29.7. The molecule has 0 amide bonds. The van der Waals surface area contributed by atoms with Gasteiger partial charge in [-0.05, 0) is 38.5 Å². The molecule has 6 heteroatoms. The smallest absolute Gasteiger partial charge is 0.267 e. The summed E-state index contributed by atoms with van der Waals surface area (Å²) in [4.78, 5) is 11.5. The quantitative estimate of drug-likeness (QED) is 0.0544. The predicted molar refractivity (Wildman–Crippen MR) is 191 cm³/mol. The van der Waals surface area contributed by atoms with E-state index in [9.17, 15) is 9.46 Å². The Balaban J connectivity index is 0. The number of hydrogen-bond acceptors (Lipinski definition) is 4. The van der Waals surface area contributed by atoms with E-state index < -0.39 is 15.1 Å². The van der Waals surface area contributed by atoms with Gasteiger partial charge in [-0.1, -0.05) is 157 Å². The van der Waals surface area contributed by atoms with Gasteiger partial charge >= 0.3 is 0 Å². The van der Waals surface area contributed by atoms with Crippen LogP contribution in [0, 0.1) is 0 Å². The Morgan fingerprint density at radius 1 is 0.405 bits per heavy atom. The average Bonchev–Trinajstić information content (AvgIpc) is 2.97. The fourth-order valence-corrected chi connectivity index (χ4v) is 11.3.